The second-order valence-electron chi connectivity index (χ2n) is 8.46. The number of likely N-dealkylation sites (tertiary alicyclic amines) is 1. The Hall–Kier alpha value is -4.66. The van der Waals surface area contributed by atoms with Crippen molar-refractivity contribution in [1.82, 2.24) is 4.90 Å². The monoisotopic (exact) mass is 487 g/mol. The van der Waals surface area contributed by atoms with Crippen LogP contribution in [-0.2, 0) is 16.1 Å². The number of methoxy groups -OCH3 is 1. The maximum atomic E-state index is 13.3. The first-order chi connectivity index (χ1) is 17.5. The molecule has 0 radical (unpaired) electrons. The van der Waals surface area contributed by atoms with Crippen molar-refractivity contribution >= 4 is 17.4 Å². The summed E-state index contributed by atoms with van der Waals surface area (Å²) in [5, 5.41) is 11.3. The van der Waals surface area contributed by atoms with E-state index in [0.717, 1.165) is 5.56 Å². The molecule has 3 aliphatic heterocycles. The van der Waals surface area contributed by atoms with Crippen molar-refractivity contribution < 1.29 is 38.4 Å². The highest BCUT2D eigenvalue weighted by Gasteiger charge is 2.46. The quantitative estimate of drug-likeness (QED) is 0.330. The van der Waals surface area contributed by atoms with Gasteiger partial charge < -0.3 is 33.7 Å². The van der Waals surface area contributed by atoms with Gasteiger partial charge in [-0.3, -0.25) is 9.59 Å². The molecule has 1 fully saturated rings. The number of nitrogens with zero attached hydrogens (tertiary/aromatic N) is 1. The summed E-state index contributed by atoms with van der Waals surface area (Å²) in [5.41, 5.74) is 1.74. The van der Waals surface area contributed by atoms with Gasteiger partial charge in [-0.1, -0.05) is 18.2 Å². The second-order valence-corrected chi connectivity index (χ2v) is 8.46. The number of carbonyl (C=O) groups is 2. The molecule has 1 unspecified atom stereocenters. The Balaban J connectivity index is 1.45. The zero-order valence-electron chi connectivity index (χ0n) is 19.2. The van der Waals surface area contributed by atoms with Crippen LogP contribution < -0.4 is 23.7 Å². The molecule has 1 N–H and O–H groups in total. The SMILES string of the molecule is COc1ccc(C2/C(=C(/O)c3ccc4c(c3)OCO4)C(=O)C(=O)N2Cc2ccc3c(c2)OCO3)cc1. The van der Waals surface area contributed by atoms with Crippen LogP contribution in [0.15, 0.2) is 66.2 Å². The number of ketones is 1. The number of hydrogen-bond donors (Lipinski definition) is 1. The van der Waals surface area contributed by atoms with E-state index in [2.05, 4.69) is 0 Å². The minimum absolute atomic E-state index is 0.00947. The van der Waals surface area contributed by atoms with Gasteiger partial charge in [-0.15, -0.1) is 0 Å². The minimum atomic E-state index is -0.827. The van der Waals surface area contributed by atoms with Crippen molar-refractivity contribution in [2.75, 3.05) is 20.7 Å². The molecule has 0 bridgehead atoms. The lowest BCUT2D eigenvalue weighted by Crippen LogP contribution is -2.29. The summed E-state index contributed by atoms with van der Waals surface area (Å²) in [5.74, 6) is 1.04. The largest absolute Gasteiger partial charge is 0.507 e. The van der Waals surface area contributed by atoms with Gasteiger partial charge in [-0.2, -0.15) is 0 Å². The molecule has 3 aromatic rings. The molecule has 1 amide bonds. The number of aliphatic hydroxyl groups excluding tert-OH is 1. The summed E-state index contributed by atoms with van der Waals surface area (Å²) in [6.45, 7) is 0.325. The first-order valence-corrected chi connectivity index (χ1v) is 11.2. The molecule has 3 aliphatic rings. The van der Waals surface area contributed by atoms with Gasteiger partial charge >= 0.3 is 0 Å². The molecular formula is C27H21NO8. The zero-order chi connectivity index (χ0) is 24.8. The highest BCUT2D eigenvalue weighted by Crippen LogP contribution is 2.43. The maximum Gasteiger partial charge on any atom is 0.295 e. The fourth-order valence-electron chi connectivity index (χ4n) is 4.61. The number of ether oxygens (including phenoxy) is 5. The van der Waals surface area contributed by atoms with E-state index in [4.69, 9.17) is 23.7 Å². The first kappa shape index (κ1) is 21.8. The first-order valence-electron chi connectivity index (χ1n) is 11.2. The van der Waals surface area contributed by atoms with Crippen molar-refractivity contribution in [3.05, 3.63) is 82.9 Å². The Morgan fingerprint density at radius 2 is 1.53 bits per heavy atom. The highest BCUT2D eigenvalue weighted by atomic mass is 16.7. The predicted molar refractivity (Wildman–Crippen MR) is 126 cm³/mol. The fraction of sp³-hybridized carbons (Fsp3) is 0.185. The highest BCUT2D eigenvalue weighted by molar-refractivity contribution is 6.46. The number of carbonyl (C=O) groups excluding carboxylic acids is 2. The summed E-state index contributed by atoms with van der Waals surface area (Å²) >= 11 is 0. The molecule has 1 saturated heterocycles. The van der Waals surface area contributed by atoms with E-state index < -0.39 is 17.7 Å². The molecule has 1 atom stereocenters. The average Bonchev–Trinajstić information content (AvgIpc) is 3.63. The Morgan fingerprint density at radius 1 is 0.889 bits per heavy atom. The van der Waals surface area contributed by atoms with E-state index in [1.165, 1.54) is 4.90 Å². The van der Waals surface area contributed by atoms with E-state index in [0.29, 0.717) is 39.9 Å². The van der Waals surface area contributed by atoms with Crippen LogP contribution in [-0.4, -0.2) is 42.4 Å². The molecule has 0 aromatic heterocycles. The van der Waals surface area contributed by atoms with Gasteiger partial charge in [-0.25, -0.2) is 0 Å². The summed E-state index contributed by atoms with van der Waals surface area (Å²) in [4.78, 5) is 28.0. The normalized spacial score (nSPS) is 19.1. The molecule has 9 nitrogen and oxygen atoms in total. The minimum Gasteiger partial charge on any atom is -0.507 e. The van der Waals surface area contributed by atoms with E-state index >= 15 is 0 Å². The Morgan fingerprint density at radius 3 is 2.22 bits per heavy atom. The topological polar surface area (TPSA) is 104 Å². The standard InChI is InChI=1S/C27H21NO8/c1-32-18-6-3-16(4-7-18)24-23(25(29)17-5-9-20-22(11-17)36-14-34-20)26(30)27(31)28(24)12-15-2-8-19-21(10-15)35-13-33-19/h2-11,24,29H,12-14H2,1H3/b25-23-. The predicted octanol–water partition coefficient (Wildman–Crippen LogP) is 3.77. The van der Waals surface area contributed by atoms with Crippen LogP contribution >= 0.6 is 0 Å². The molecule has 36 heavy (non-hydrogen) atoms. The van der Waals surface area contributed by atoms with E-state index in [-0.39, 0.29) is 31.5 Å². The number of benzene rings is 3. The number of hydrogen-bond acceptors (Lipinski definition) is 8. The third-order valence-corrected chi connectivity index (χ3v) is 6.41. The number of rotatable bonds is 5. The van der Waals surface area contributed by atoms with Crippen molar-refractivity contribution in [3.8, 4) is 28.7 Å². The number of amides is 1. The van der Waals surface area contributed by atoms with Gasteiger partial charge in [-0.05, 0) is 53.6 Å². The van der Waals surface area contributed by atoms with Crippen LogP contribution in [0.5, 0.6) is 28.7 Å². The van der Waals surface area contributed by atoms with Crippen molar-refractivity contribution in [1.29, 1.82) is 0 Å². The zero-order valence-corrected chi connectivity index (χ0v) is 19.2. The van der Waals surface area contributed by atoms with Crippen LogP contribution in [0.25, 0.3) is 5.76 Å². The molecule has 0 saturated carbocycles. The second kappa shape index (κ2) is 8.53. The molecule has 3 aromatic carbocycles. The summed E-state index contributed by atoms with van der Waals surface area (Å²) in [7, 11) is 1.56. The average molecular weight is 487 g/mol. The third-order valence-electron chi connectivity index (χ3n) is 6.41. The molecular weight excluding hydrogens is 466 g/mol. The van der Waals surface area contributed by atoms with Crippen molar-refractivity contribution in [2.24, 2.45) is 0 Å². The molecule has 9 heteroatoms. The Bertz CT molecular complexity index is 1410. The number of aliphatic hydroxyl groups is 1. The lowest BCUT2D eigenvalue weighted by Gasteiger charge is -2.25. The summed E-state index contributed by atoms with van der Waals surface area (Å²) in [6.07, 6.45) is 0. The lowest BCUT2D eigenvalue weighted by atomic mass is 9.95. The molecule has 182 valence electrons. The van der Waals surface area contributed by atoms with E-state index in [1.54, 1.807) is 61.7 Å². The molecule has 0 aliphatic carbocycles. The summed E-state index contributed by atoms with van der Waals surface area (Å²) in [6, 6.07) is 16.4. The van der Waals surface area contributed by atoms with Gasteiger partial charge in [0.05, 0.1) is 18.7 Å². The van der Waals surface area contributed by atoms with E-state index in [9.17, 15) is 14.7 Å². The summed E-state index contributed by atoms with van der Waals surface area (Å²) < 4.78 is 26.9. The smallest absolute Gasteiger partial charge is 0.295 e. The van der Waals surface area contributed by atoms with Gasteiger partial charge in [0.2, 0.25) is 13.6 Å². The van der Waals surface area contributed by atoms with Crippen LogP contribution in [0.4, 0.5) is 0 Å². The van der Waals surface area contributed by atoms with Crippen molar-refractivity contribution in [2.45, 2.75) is 12.6 Å². The van der Waals surface area contributed by atoms with Crippen LogP contribution in [0.3, 0.4) is 0 Å². The van der Waals surface area contributed by atoms with Gasteiger partial charge in [0.15, 0.2) is 23.0 Å². The fourth-order valence-corrected chi connectivity index (χ4v) is 4.61. The van der Waals surface area contributed by atoms with Gasteiger partial charge in [0.25, 0.3) is 11.7 Å². The molecule has 0 spiro atoms. The van der Waals surface area contributed by atoms with Gasteiger partial charge in [0, 0.05) is 12.1 Å². The van der Waals surface area contributed by atoms with E-state index in [1.807, 2.05) is 6.07 Å². The van der Waals surface area contributed by atoms with Crippen LogP contribution in [0.2, 0.25) is 0 Å². The van der Waals surface area contributed by atoms with Crippen LogP contribution in [0, 0.1) is 0 Å². The van der Waals surface area contributed by atoms with Crippen LogP contribution in [0.1, 0.15) is 22.7 Å². The lowest BCUT2D eigenvalue weighted by molar-refractivity contribution is -0.140. The van der Waals surface area contributed by atoms with Gasteiger partial charge in [0.1, 0.15) is 11.5 Å². The Labute approximate surface area is 206 Å². The maximum absolute atomic E-state index is 13.3. The molecule has 6 rings (SSSR count). The number of Topliss-reactive ketones (excluding diaryl/α,β-unsaturated/α-hetero) is 1. The third kappa shape index (κ3) is 3.56. The molecule has 3 heterocycles. The van der Waals surface area contributed by atoms with Crippen molar-refractivity contribution in [3.63, 3.8) is 0 Å². The number of fused-ring (bicyclic) bond motifs is 2. The Kier molecular flexibility index (Phi) is 5.18.